The number of nitrogens with one attached hydrogen (secondary N) is 1. The first-order valence-corrected chi connectivity index (χ1v) is 14.2. The van der Waals surface area contributed by atoms with E-state index in [2.05, 4.69) is 17.5 Å². The molecule has 0 spiro atoms. The van der Waals surface area contributed by atoms with Crippen molar-refractivity contribution in [3.8, 4) is 11.4 Å². The standard InChI is InChI=1S/C28H28N4O3S2/c1-3-18-8-10-19(11-9-18)16-29-31-24(33)17-36-28-30-26-25(22-6-5-7-23(22)37-26)27(34)32(28)20-12-14-21(15-13-20)35-4-2/h8-16H,3-7,17H2,1-2H3,(H,31,33). The summed E-state index contributed by atoms with van der Waals surface area (Å²) in [5.41, 5.74) is 6.46. The molecular formula is C28H28N4O3S2. The molecule has 0 radical (unpaired) electrons. The lowest BCUT2D eigenvalue weighted by atomic mass is 10.1. The van der Waals surface area contributed by atoms with Crippen LogP contribution in [0.15, 0.2) is 63.6 Å². The zero-order valence-electron chi connectivity index (χ0n) is 20.8. The highest BCUT2D eigenvalue weighted by molar-refractivity contribution is 7.99. The Balaban J connectivity index is 1.39. The maximum atomic E-state index is 13.8. The number of hydrogen-bond donors (Lipinski definition) is 1. The van der Waals surface area contributed by atoms with Gasteiger partial charge in [-0.1, -0.05) is 43.0 Å². The van der Waals surface area contributed by atoms with E-state index in [9.17, 15) is 9.59 Å². The Morgan fingerprint density at radius 3 is 2.68 bits per heavy atom. The highest BCUT2D eigenvalue weighted by Crippen LogP contribution is 2.36. The van der Waals surface area contributed by atoms with E-state index in [1.807, 2.05) is 55.5 Å². The van der Waals surface area contributed by atoms with Crippen molar-refractivity contribution < 1.29 is 9.53 Å². The topological polar surface area (TPSA) is 85.6 Å². The van der Waals surface area contributed by atoms with Gasteiger partial charge in [0.2, 0.25) is 0 Å². The molecule has 1 N–H and O–H groups in total. The molecule has 2 aromatic heterocycles. The molecule has 0 saturated heterocycles. The van der Waals surface area contributed by atoms with Crippen LogP contribution < -0.4 is 15.7 Å². The summed E-state index contributed by atoms with van der Waals surface area (Å²) in [6.45, 7) is 4.60. The van der Waals surface area contributed by atoms with Crippen LogP contribution in [0.3, 0.4) is 0 Å². The van der Waals surface area contributed by atoms with Crippen LogP contribution in [0.5, 0.6) is 5.75 Å². The van der Waals surface area contributed by atoms with E-state index in [4.69, 9.17) is 9.72 Å². The number of benzene rings is 2. The molecule has 0 unspecified atom stereocenters. The minimum Gasteiger partial charge on any atom is -0.494 e. The molecule has 7 nitrogen and oxygen atoms in total. The molecule has 2 heterocycles. The van der Waals surface area contributed by atoms with E-state index in [1.54, 1.807) is 22.1 Å². The molecule has 0 saturated carbocycles. The van der Waals surface area contributed by atoms with Crippen molar-refractivity contribution >= 4 is 45.4 Å². The van der Waals surface area contributed by atoms with Gasteiger partial charge in [0.05, 0.1) is 29.6 Å². The Morgan fingerprint density at radius 1 is 1.16 bits per heavy atom. The Bertz CT molecular complexity index is 1510. The smallest absolute Gasteiger partial charge is 0.267 e. The molecule has 0 bridgehead atoms. The van der Waals surface area contributed by atoms with E-state index in [0.29, 0.717) is 22.8 Å². The van der Waals surface area contributed by atoms with Crippen LogP contribution >= 0.6 is 23.1 Å². The summed E-state index contributed by atoms with van der Waals surface area (Å²) in [6, 6.07) is 15.4. The van der Waals surface area contributed by atoms with Crippen LogP contribution in [0.25, 0.3) is 15.9 Å². The number of aromatic nitrogens is 2. The number of thiophene rings is 1. The summed E-state index contributed by atoms with van der Waals surface area (Å²) >= 11 is 2.82. The van der Waals surface area contributed by atoms with E-state index < -0.39 is 0 Å². The fourth-order valence-corrected chi connectivity index (χ4v) is 6.50. The molecule has 190 valence electrons. The number of fused-ring (bicyclic) bond motifs is 3. The molecule has 37 heavy (non-hydrogen) atoms. The van der Waals surface area contributed by atoms with Crippen LogP contribution in [-0.4, -0.2) is 34.0 Å². The lowest BCUT2D eigenvalue weighted by molar-refractivity contribution is -0.118. The van der Waals surface area contributed by atoms with Gasteiger partial charge in [-0.15, -0.1) is 11.3 Å². The van der Waals surface area contributed by atoms with Gasteiger partial charge >= 0.3 is 0 Å². The van der Waals surface area contributed by atoms with Crippen molar-refractivity contribution in [1.29, 1.82) is 0 Å². The monoisotopic (exact) mass is 532 g/mol. The Labute approximate surface area is 223 Å². The van der Waals surface area contributed by atoms with E-state index >= 15 is 0 Å². The normalized spacial score (nSPS) is 12.8. The van der Waals surface area contributed by atoms with Gasteiger partial charge in [0.15, 0.2) is 5.16 Å². The first-order valence-electron chi connectivity index (χ1n) is 12.4. The molecule has 4 aromatic rings. The molecule has 2 aromatic carbocycles. The second-order valence-corrected chi connectivity index (χ2v) is 10.7. The fraction of sp³-hybridized carbons (Fsp3) is 0.286. The van der Waals surface area contributed by atoms with Gasteiger partial charge in [0.1, 0.15) is 10.6 Å². The van der Waals surface area contributed by atoms with Gasteiger partial charge in [0, 0.05) is 4.88 Å². The zero-order chi connectivity index (χ0) is 25.8. The molecule has 9 heteroatoms. The third-order valence-corrected chi connectivity index (χ3v) is 8.36. The first-order chi connectivity index (χ1) is 18.1. The van der Waals surface area contributed by atoms with Gasteiger partial charge in [-0.2, -0.15) is 5.10 Å². The lowest BCUT2D eigenvalue weighted by Gasteiger charge is -2.13. The van der Waals surface area contributed by atoms with Crippen molar-refractivity contribution in [3.63, 3.8) is 0 Å². The number of ether oxygens (including phenoxy) is 1. The largest absolute Gasteiger partial charge is 0.494 e. The summed E-state index contributed by atoms with van der Waals surface area (Å²) in [5.74, 6) is 0.542. The maximum absolute atomic E-state index is 13.8. The van der Waals surface area contributed by atoms with Crippen LogP contribution in [0.4, 0.5) is 0 Å². The molecular weight excluding hydrogens is 504 g/mol. The van der Waals surface area contributed by atoms with E-state index in [1.165, 1.54) is 22.2 Å². The number of aryl methyl sites for hydroxylation is 3. The minimum atomic E-state index is -0.271. The van der Waals surface area contributed by atoms with E-state index in [0.717, 1.165) is 47.4 Å². The average molecular weight is 533 g/mol. The Morgan fingerprint density at radius 2 is 1.95 bits per heavy atom. The summed E-state index contributed by atoms with van der Waals surface area (Å²) in [6.07, 6.45) is 5.56. The Hall–Kier alpha value is -3.43. The number of carbonyl (C=O) groups is 1. The van der Waals surface area contributed by atoms with Crippen LogP contribution in [0, 0.1) is 0 Å². The predicted molar refractivity (Wildman–Crippen MR) is 151 cm³/mol. The van der Waals surface area contributed by atoms with Crippen LogP contribution in [0.2, 0.25) is 0 Å². The first kappa shape index (κ1) is 25.2. The quantitative estimate of drug-likeness (QED) is 0.140. The van der Waals surface area contributed by atoms with Crippen molar-refractivity contribution in [2.45, 2.75) is 44.7 Å². The fourth-order valence-electron chi connectivity index (χ4n) is 4.39. The van der Waals surface area contributed by atoms with Gasteiger partial charge in [-0.3, -0.25) is 14.2 Å². The molecule has 1 amide bonds. The molecule has 1 aliphatic carbocycles. The zero-order valence-corrected chi connectivity index (χ0v) is 22.5. The third kappa shape index (κ3) is 5.47. The molecule has 0 fully saturated rings. The third-order valence-electron chi connectivity index (χ3n) is 6.24. The van der Waals surface area contributed by atoms with Crippen LogP contribution in [0.1, 0.15) is 41.8 Å². The lowest BCUT2D eigenvalue weighted by Crippen LogP contribution is -2.24. The molecule has 1 aliphatic rings. The molecule has 0 aliphatic heterocycles. The maximum Gasteiger partial charge on any atom is 0.267 e. The Kier molecular flexibility index (Phi) is 7.71. The molecule has 0 atom stereocenters. The van der Waals surface area contributed by atoms with E-state index in [-0.39, 0.29) is 17.2 Å². The number of carbonyl (C=O) groups excluding carboxylic acids is 1. The summed E-state index contributed by atoms with van der Waals surface area (Å²) in [5, 5.41) is 5.27. The second kappa shape index (κ2) is 11.3. The number of thioether (sulfide) groups is 1. The highest BCUT2D eigenvalue weighted by Gasteiger charge is 2.24. The summed E-state index contributed by atoms with van der Waals surface area (Å²) in [7, 11) is 0. The molecule has 5 rings (SSSR count). The highest BCUT2D eigenvalue weighted by atomic mass is 32.2. The van der Waals surface area contributed by atoms with Gasteiger partial charge in [-0.25, -0.2) is 10.4 Å². The number of hydrogen-bond acceptors (Lipinski definition) is 7. The SMILES string of the molecule is CCOc1ccc(-n2c(SCC(=O)NN=Cc3ccc(CC)cc3)nc3sc4c(c3c2=O)CCC4)cc1. The van der Waals surface area contributed by atoms with Gasteiger partial charge in [0.25, 0.3) is 11.5 Å². The van der Waals surface area contributed by atoms with Crippen LogP contribution in [-0.2, 0) is 24.1 Å². The van der Waals surface area contributed by atoms with Crippen molar-refractivity contribution in [1.82, 2.24) is 15.0 Å². The number of rotatable bonds is 9. The summed E-state index contributed by atoms with van der Waals surface area (Å²) < 4.78 is 7.17. The number of amides is 1. The van der Waals surface area contributed by atoms with Crippen molar-refractivity contribution in [2.75, 3.05) is 12.4 Å². The predicted octanol–water partition coefficient (Wildman–Crippen LogP) is 5.14. The van der Waals surface area contributed by atoms with Crippen molar-refractivity contribution in [2.24, 2.45) is 5.10 Å². The second-order valence-electron chi connectivity index (χ2n) is 8.68. The number of nitrogens with zero attached hydrogens (tertiary/aromatic N) is 3. The van der Waals surface area contributed by atoms with Gasteiger partial charge < -0.3 is 4.74 Å². The van der Waals surface area contributed by atoms with Gasteiger partial charge in [-0.05, 0) is 73.6 Å². The summed E-state index contributed by atoms with van der Waals surface area (Å²) in [4.78, 5) is 33.2. The van der Waals surface area contributed by atoms with Crippen molar-refractivity contribution in [3.05, 3.63) is 80.5 Å². The number of hydrazone groups is 1. The average Bonchev–Trinajstić information content (AvgIpc) is 3.50. The minimum absolute atomic E-state index is 0.0756.